The molecule has 1 aliphatic heterocycles. The minimum atomic E-state index is -0.116. The standard InChI is InChI=1S/C17H22N4O2S/c1-12(2)17(23)20-10-13-5-6-19-21(13)14(11-20)8-16(22)18-9-15-4-3-7-24-15/h3-7,12,14H,8-11H2,1-2H3,(H,18,22)/t14-/m1/s1. The number of hydrogen-bond donors (Lipinski definition) is 1. The predicted octanol–water partition coefficient (Wildman–Crippen LogP) is 2.19. The fourth-order valence-corrected chi connectivity index (χ4v) is 3.60. The molecule has 128 valence electrons. The molecule has 7 heteroatoms. The van der Waals surface area contributed by atoms with E-state index in [1.807, 2.05) is 47.0 Å². The van der Waals surface area contributed by atoms with Gasteiger partial charge in [-0.25, -0.2) is 0 Å². The Morgan fingerprint density at radius 1 is 1.42 bits per heavy atom. The number of fused-ring (bicyclic) bond motifs is 1. The third-order valence-electron chi connectivity index (χ3n) is 4.15. The van der Waals surface area contributed by atoms with Crippen molar-refractivity contribution in [1.82, 2.24) is 20.0 Å². The predicted molar refractivity (Wildman–Crippen MR) is 92.3 cm³/mol. The van der Waals surface area contributed by atoms with Gasteiger partial charge in [0, 0.05) is 23.5 Å². The average molecular weight is 346 g/mol. The second kappa shape index (κ2) is 7.17. The molecule has 0 radical (unpaired) electrons. The van der Waals surface area contributed by atoms with Crippen LogP contribution in [0.15, 0.2) is 29.8 Å². The van der Waals surface area contributed by atoms with Crippen LogP contribution >= 0.6 is 11.3 Å². The second-order valence-corrected chi connectivity index (χ2v) is 7.39. The monoisotopic (exact) mass is 346 g/mol. The number of thiophene rings is 1. The van der Waals surface area contributed by atoms with Crippen LogP contribution in [-0.4, -0.2) is 33.0 Å². The molecule has 0 bridgehead atoms. The largest absolute Gasteiger partial charge is 0.351 e. The number of nitrogens with one attached hydrogen (secondary N) is 1. The molecule has 3 heterocycles. The molecule has 0 fully saturated rings. The summed E-state index contributed by atoms with van der Waals surface area (Å²) in [4.78, 5) is 27.6. The minimum Gasteiger partial charge on any atom is -0.351 e. The van der Waals surface area contributed by atoms with Crippen LogP contribution in [0, 0.1) is 5.92 Å². The van der Waals surface area contributed by atoms with Crippen molar-refractivity contribution >= 4 is 23.2 Å². The SMILES string of the molecule is CC(C)C(=O)N1Cc2ccnn2[C@H](CC(=O)NCc2cccs2)C1. The van der Waals surface area contributed by atoms with Crippen molar-refractivity contribution in [3.05, 3.63) is 40.3 Å². The quantitative estimate of drug-likeness (QED) is 0.902. The number of amides is 2. The zero-order valence-corrected chi connectivity index (χ0v) is 14.8. The van der Waals surface area contributed by atoms with Crippen molar-refractivity contribution in [2.75, 3.05) is 6.54 Å². The Bertz CT molecular complexity index is 708. The first-order valence-electron chi connectivity index (χ1n) is 8.15. The van der Waals surface area contributed by atoms with E-state index in [0.717, 1.165) is 10.6 Å². The van der Waals surface area contributed by atoms with Crippen molar-refractivity contribution in [3.8, 4) is 0 Å². The summed E-state index contributed by atoms with van der Waals surface area (Å²) in [6, 6.07) is 5.77. The van der Waals surface area contributed by atoms with Crippen LogP contribution in [0.25, 0.3) is 0 Å². The lowest BCUT2D eigenvalue weighted by Crippen LogP contribution is -2.44. The Hall–Kier alpha value is -2.15. The third kappa shape index (κ3) is 3.67. The lowest BCUT2D eigenvalue weighted by Gasteiger charge is -2.34. The highest BCUT2D eigenvalue weighted by Gasteiger charge is 2.30. The van der Waals surface area contributed by atoms with Crippen molar-refractivity contribution in [3.63, 3.8) is 0 Å². The molecule has 1 N–H and O–H groups in total. The Balaban J connectivity index is 1.65. The zero-order chi connectivity index (χ0) is 17.1. The molecule has 0 aliphatic carbocycles. The van der Waals surface area contributed by atoms with Gasteiger partial charge in [-0.05, 0) is 17.5 Å². The number of aromatic nitrogens is 2. The molecular formula is C17H22N4O2S. The summed E-state index contributed by atoms with van der Waals surface area (Å²) in [6.45, 7) is 5.43. The van der Waals surface area contributed by atoms with Gasteiger partial charge >= 0.3 is 0 Å². The van der Waals surface area contributed by atoms with Crippen LogP contribution in [0.5, 0.6) is 0 Å². The number of carbonyl (C=O) groups excluding carboxylic acids is 2. The van der Waals surface area contributed by atoms with E-state index >= 15 is 0 Å². The van der Waals surface area contributed by atoms with Gasteiger partial charge in [-0.3, -0.25) is 14.3 Å². The van der Waals surface area contributed by atoms with Gasteiger partial charge in [0.25, 0.3) is 0 Å². The highest BCUT2D eigenvalue weighted by molar-refractivity contribution is 7.09. The molecule has 24 heavy (non-hydrogen) atoms. The summed E-state index contributed by atoms with van der Waals surface area (Å²) >= 11 is 1.62. The Morgan fingerprint density at radius 3 is 2.96 bits per heavy atom. The second-order valence-electron chi connectivity index (χ2n) is 6.35. The van der Waals surface area contributed by atoms with Gasteiger partial charge in [0.05, 0.1) is 31.2 Å². The Kier molecular flexibility index (Phi) is 4.99. The maximum Gasteiger partial charge on any atom is 0.225 e. The number of hydrogen-bond acceptors (Lipinski definition) is 4. The summed E-state index contributed by atoms with van der Waals surface area (Å²) in [7, 11) is 0. The van der Waals surface area contributed by atoms with Gasteiger partial charge in [-0.15, -0.1) is 11.3 Å². The molecular weight excluding hydrogens is 324 g/mol. The molecule has 2 aromatic rings. The van der Waals surface area contributed by atoms with Crippen molar-refractivity contribution in [2.45, 2.75) is 39.4 Å². The van der Waals surface area contributed by atoms with Crippen LogP contribution in [0.2, 0.25) is 0 Å². The van der Waals surface area contributed by atoms with Crippen LogP contribution in [-0.2, 0) is 22.7 Å². The average Bonchev–Trinajstić information content (AvgIpc) is 3.23. The fourth-order valence-electron chi connectivity index (χ4n) is 2.96. The molecule has 1 atom stereocenters. The Labute approximate surface area is 145 Å². The van der Waals surface area contributed by atoms with Crippen LogP contribution < -0.4 is 5.32 Å². The zero-order valence-electron chi connectivity index (χ0n) is 13.9. The highest BCUT2D eigenvalue weighted by Crippen LogP contribution is 2.24. The van der Waals surface area contributed by atoms with Crippen molar-refractivity contribution < 1.29 is 9.59 Å². The molecule has 0 unspecified atom stereocenters. The van der Waals surface area contributed by atoms with Crippen molar-refractivity contribution in [2.24, 2.45) is 5.92 Å². The van der Waals surface area contributed by atoms with E-state index in [9.17, 15) is 9.59 Å². The summed E-state index contributed by atoms with van der Waals surface area (Å²) in [5.74, 6) is 0.0490. The summed E-state index contributed by atoms with van der Waals surface area (Å²) in [5, 5.41) is 9.28. The molecule has 3 rings (SSSR count). The van der Waals surface area contributed by atoms with E-state index in [0.29, 0.717) is 26.1 Å². The minimum absolute atomic E-state index is 0.0197. The van der Waals surface area contributed by atoms with Crippen LogP contribution in [0.1, 0.15) is 36.9 Å². The van der Waals surface area contributed by atoms with Gasteiger partial charge in [-0.2, -0.15) is 5.10 Å². The maximum atomic E-state index is 12.3. The molecule has 2 aromatic heterocycles. The molecule has 6 nitrogen and oxygen atoms in total. The first-order chi connectivity index (χ1) is 11.5. The van der Waals surface area contributed by atoms with Gasteiger partial charge in [0.1, 0.15) is 0 Å². The van der Waals surface area contributed by atoms with Gasteiger partial charge in [-0.1, -0.05) is 19.9 Å². The number of rotatable bonds is 5. The lowest BCUT2D eigenvalue weighted by molar-refractivity contribution is -0.137. The van der Waals surface area contributed by atoms with Crippen LogP contribution in [0.4, 0.5) is 0 Å². The van der Waals surface area contributed by atoms with E-state index in [2.05, 4.69) is 10.4 Å². The number of carbonyl (C=O) groups is 2. The van der Waals surface area contributed by atoms with E-state index in [1.165, 1.54) is 0 Å². The van der Waals surface area contributed by atoms with Crippen molar-refractivity contribution in [1.29, 1.82) is 0 Å². The Morgan fingerprint density at radius 2 is 2.25 bits per heavy atom. The normalized spacial score (nSPS) is 17.0. The van der Waals surface area contributed by atoms with Gasteiger partial charge in [0.15, 0.2) is 0 Å². The molecule has 0 spiro atoms. The van der Waals surface area contributed by atoms with E-state index < -0.39 is 0 Å². The topological polar surface area (TPSA) is 67.2 Å². The van der Waals surface area contributed by atoms with E-state index in [1.54, 1.807) is 17.5 Å². The summed E-state index contributed by atoms with van der Waals surface area (Å²) in [6.07, 6.45) is 2.05. The van der Waals surface area contributed by atoms with Crippen LogP contribution in [0.3, 0.4) is 0 Å². The number of nitrogens with zero attached hydrogens (tertiary/aromatic N) is 3. The molecule has 0 saturated carbocycles. The third-order valence-corrected chi connectivity index (χ3v) is 5.02. The first kappa shape index (κ1) is 16.7. The summed E-state index contributed by atoms with van der Waals surface area (Å²) in [5.41, 5.74) is 0.978. The molecule has 2 amide bonds. The van der Waals surface area contributed by atoms with Gasteiger partial charge in [0.2, 0.25) is 11.8 Å². The van der Waals surface area contributed by atoms with E-state index in [4.69, 9.17) is 0 Å². The fraction of sp³-hybridized carbons (Fsp3) is 0.471. The first-order valence-corrected chi connectivity index (χ1v) is 9.03. The summed E-state index contributed by atoms with van der Waals surface area (Å²) < 4.78 is 1.88. The molecule has 1 aliphatic rings. The van der Waals surface area contributed by atoms with E-state index in [-0.39, 0.29) is 23.8 Å². The highest BCUT2D eigenvalue weighted by atomic mass is 32.1. The smallest absolute Gasteiger partial charge is 0.225 e. The maximum absolute atomic E-state index is 12.3. The van der Waals surface area contributed by atoms with Gasteiger partial charge < -0.3 is 10.2 Å². The molecule has 0 aromatic carbocycles. The molecule has 0 saturated heterocycles. The lowest BCUT2D eigenvalue weighted by atomic mass is 10.1.